The number of rotatable bonds is 5. The van der Waals surface area contributed by atoms with E-state index in [0.29, 0.717) is 24.6 Å². The van der Waals surface area contributed by atoms with E-state index in [2.05, 4.69) is 14.6 Å². The van der Waals surface area contributed by atoms with Gasteiger partial charge in [-0.3, -0.25) is 9.69 Å². The van der Waals surface area contributed by atoms with Gasteiger partial charge in [-0.2, -0.15) is 4.37 Å². The van der Waals surface area contributed by atoms with Crippen LogP contribution in [0.15, 0.2) is 29.6 Å². The Bertz CT molecular complexity index is 695. The highest BCUT2D eigenvalue weighted by Gasteiger charge is 2.21. The molecule has 24 heavy (non-hydrogen) atoms. The van der Waals surface area contributed by atoms with Crippen molar-refractivity contribution in [2.45, 2.75) is 26.3 Å². The summed E-state index contributed by atoms with van der Waals surface area (Å²) < 4.78 is 17.9. The molecular weight excluding hydrogens is 325 g/mol. The number of piperidine rings is 1. The van der Waals surface area contributed by atoms with Crippen LogP contribution in [-0.2, 0) is 6.54 Å². The fourth-order valence-electron chi connectivity index (χ4n) is 3.06. The first kappa shape index (κ1) is 17.0. The molecule has 2 heterocycles. The number of aromatic nitrogens is 1. The van der Waals surface area contributed by atoms with Crippen molar-refractivity contribution >= 4 is 17.4 Å². The monoisotopic (exact) mass is 347 g/mol. The second-order valence-corrected chi connectivity index (χ2v) is 6.96. The van der Waals surface area contributed by atoms with Crippen LogP contribution >= 0.6 is 11.5 Å². The van der Waals surface area contributed by atoms with Gasteiger partial charge < -0.3 is 5.32 Å². The first-order valence-corrected chi connectivity index (χ1v) is 9.12. The number of hydrogen-bond donors (Lipinski definition) is 1. The van der Waals surface area contributed by atoms with Crippen LogP contribution in [-0.4, -0.2) is 34.8 Å². The third-order valence-corrected chi connectivity index (χ3v) is 5.33. The van der Waals surface area contributed by atoms with Crippen LogP contribution in [0.1, 0.15) is 34.5 Å². The Hall–Kier alpha value is -1.79. The van der Waals surface area contributed by atoms with Gasteiger partial charge in [-0.25, -0.2) is 4.39 Å². The number of benzene rings is 1. The minimum absolute atomic E-state index is 0.0324. The zero-order valence-corrected chi connectivity index (χ0v) is 14.6. The van der Waals surface area contributed by atoms with Gasteiger partial charge in [0.15, 0.2) is 0 Å². The predicted molar refractivity (Wildman–Crippen MR) is 93.6 cm³/mol. The highest BCUT2D eigenvalue weighted by atomic mass is 32.1. The Labute approximate surface area is 145 Å². The molecule has 0 unspecified atom stereocenters. The van der Waals surface area contributed by atoms with Crippen molar-refractivity contribution in [3.63, 3.8) is 0 Å². The predicted octanol–water partition coefficient (Wildman–Crippen LogP) is 3.23. The van der Waals surface area contributed by atoms with Crippen molar-refractivity contribution in [1.29, 1.82) is 0 Å². The SMILES string of the molecule is Cc1nscc1C(=O)NCC1CCN(Cc2ccccc2F)CC1. The number of likely N-dealkylation sites (tertiary alicyclic amines) is 1. The molecule has 0 aliphatic carbocycles. The average Bonchev–Trinajstić information content (AvgIpc) is 3.02. The zero-order valence-electron chi connectivity index (χ0n) is 13.8. The van der Waals surface area contributed by atoms with Gasteiger partial charge in [0.25, 0.3) is 5.91 Å². The summed E-state index contributed by atoms with van der Waals surface area (Å²) in [4.78, 5) is 14.4. The molecule has 0 radical (unpaired) electrons. The van der Waals surface area contributed by atoms with Gasteiger partial charge in [-0.15, -0.1) is 0 Å². The Morgan fingerprint density at radius 3 is 2.79 bits per heavy atom. The molecule has 2 aromatic rings. The second kappa shape index (κ2) is 7.85. The third kappa shape index (κ3) is 4.19. The molecule has 3 rings (SSSR count). The van der Waals surface area contributed by atoms with Gasteiger partial charge in [0.1, 0.15) is 5.82 Å². The zero-order chi connectivity index (χ0) is 16.9. The van der Waals surface area contributed by atoms with Crippen molar-refractivity contribution < 1.29 is 9.18 Å². The van der Waals surface area contributed by atoms with E-state index in [0.717, 1.165) is 37.2 Å². The molecule has 1 amide bonds. The van der Waals surface area contributed by atoms with E-state index in [-0.39, 0.29) is 11.7 Å². The van der Waals surface area contributed by atoms with E-state index < -0.39 is 0 Å². The number of halogens is 1. The van der Waals surface area contributed by atoms with Crippen LogP contribution in [0.3, 0.4) is 0 Å². The maximum Gasteiger partial charge on any atom is 0.254 e. The average molecular weight is 347 g/mol. The van der Waals surface area contributed by atoms with Gasteiger partial charge >= 0.3 is 0 Å². The molecule has 1 saturated heterocycles. The van der Waals surface area contributed by atoms with E-state index in [1.807, 2.05) is 19.1 Å². The summed E-state index contributed by atoms with van der Waals surface area (Å²) >= 11 is 1.31. The van der Waals surface area contributed by atoms with Crippen LogP contribution in [0, 0.1) is 18.7 Å². The molecule has 1 N–H and O–H groups in total. The summed E-state index contributed by atoms with van der Waals surface area (Å²) in [6.07, 6.45) is 2.05. The van der Waals surface area contributed by atoms with Gasteiger partial charge in [0, 0.05) is 24.0 Å². The summed E-state index contributed by atoms with van der Waals surface area (Å²) in [5.74, 6) is 0.319. The number of nitrogens with zero attached hydrogens (tertiary/aromatic N) is 2. The van der Waals surface area contributed by atoms with Crippen molar-refractivity contribution in [1.82, 2.24) is 14.6 Å². The smallest absolute Gasteiger partial charge is 0.254 e. The highest BCUT2D eigenvalue weighted by molar-refractivity contribution is 7.03. The lowest BCUT2D eigenvalue weighted by molar-refractivity contribution is 0.0934. The van der Waals surface area contributed by atoms with E-state index in [9.17, 15) is 9.18 Å². The van der Waals surface area contributed by atoms with Crippen molar-refractivity contribution in [2.75, 3.05) is 19.6 Å². The molecule has 1 aromatic heterocycles. The maximum absolute atomic E-state index is 13.7. The Kier molecular flexibility index (Phi) is 5.58. The maximum atomic E-state index is 13.7. The van der Waals surface area contributed by atoms with Crippen LogP contribution in [0.5, 0.6) is 0 Å². The van der Waals surface area contributed by atoms with Crippen molar-refractivity contribution in [3.05, 3.63) is 52.3 Å². The minimum Gasteiger partial charge on any atom is -0.352 e. The number of carbonyl (C=O) groups is 1. The van der Waals surface area contributed by atoms with Gasteiger partial charge in [-0.05, 0) is 56.4 Å². The molecular formula is C18H22FN3OS. The number of amides is 1. The molecule has 0 atom stereocenters. The van der Waals surface area contributed by atoms with Crippen LogP contribution < -0.4 is 5.32 Å². The quantitative estimate of drug-likeness (QED) is 0.903. The lowest BCUT2D eigenvalue weighted by Crippen LogP contribution is -2.38. The second-order valence-electron chi connectivity index (χ2n) is 6.33. The fourth-order valence-corrected chi connectivity index (χ4v) is 3.75. The molecule has 1 aliphatic rings. The third-order valence-electron chi connectivity index (χ3n) is 4.60. The van der Waals surface area contributed by atoms with E-state index >= 15 is 0 Å². The first-order chi connectivity index (χ1) is 11.6. The summed E-state index contributed by atoms with van der Waals surface area (Å²) in [5, 5.41) is 4.81. The van der Waals surface area contributed by atoms with Gasteiger partial charge in [-0.1, -0.05) is 18.2 Å². The Balaban J connectivity index is 1.43. The summed E-state index contributed by atoms with van der Waals surface area (Å²) in [7, 11) is 0. The standard InChI is InChI=1S/C18H22FN3OS/c1-13-16(12-24-21-13)18(23)20-10-14-6-8-22(9-7-14)11-15-4-2-3-5-17(15)19/h2-5,12,14H,6-11H2,1H3,(H,20,23). The molecule has 0 saturated carbocycles. The molecule has 0 spiro atoms. The number of hydrogen-bond acceptors (Lipinski definition) is 4. The van der Waals surface area contributed by atoms with Crippen molar-refractivity contribution in [3.8, 4) is 0 Å². The summed E-state index contributed by atoms with van der Waals surface area (Å²) in [6.45, 7) is 5.08. The largest absolute Gasteiger partial charge is 0.352 e. The van der Waals surface area contributed by atoms with E-state index in [1.54, 1.807) is 11.4 Å². The Morgan fingerprint density at radius 1 is 1.38 bits per heavy atom. The number of carbonyl (C=O) groups excluding carboxylic acids is 1. The molecule has 1 fully saturated rings. The normalized spacial score (nSPS) is 16.2. The molecule has 6 heteroatoms. The molecule has 0 bridgehead atoms. The Morgan fingerprint density at radius 2 is 2.12 bits per heavy atom. The molecule has 4 nitrogen and oxygen atoms in total. The topological polar surface area (TPSA) is 45.2 Å². The summed E-state index contributed by atoms with van der Waals surface area (Å²) in [5.41, 5.74) is 2.22. The number of aryl methyl sites for hydroxylation is 1. The van der Waals surface area contributed by atoms with Crippen LogP contribution in [0.25, 0.3) is 0 Å². The van der Waals surface area contributed by atoms with Crippen LogP contribution in [0.2, 0.25) is 0 Å². The lowest BCUT2D eigenvalue weighted by Gasteiger charge is -2.32. The first-order valence-electron chi connectivity index (χ1n) is 8.28. The van der Waals surface area contributed by atoms with Crippen LogP contribution in [0.4, 0.5) is 4.39 Å². The van der Waals surface area contributed by atoms with E-state index in [1.165, 1.54) is 17.6 Å². The fraction of sp³-hybridized carbons (Fsp3) is 0.444. The van der Waals surface area contributed by atoms with Gasteiger partial charge in [0.2, 0.25) is 0 Å². The van der Waals surface area contributed by atoms with E-state index in [4.69, 9.17) is 0 Å². The molecule has 1 aromatic carbocycles. The highest BCUT2D eigenvalue weighted by Crippen LogP contribution is 2.20. The van der Waals surface area contributed by atoms with Gasteiger partial charge in [0.05, 0.1) is 11.3 Å². The molecule has 1 aliphatic heterocycles. The lowest BCUT2D eigenvalue weighted by atomic mass is 9.96. The summed E-state index contributed by atoms with van der Waals surface area (Å²) in [6, 6.07) is 6.96. The van der Waals surface area contributed by atoms with Crippen molar-refractivity contribution in [2.24, 2.45) is 5.92 Å². The minimum atomic E-state index is -0.133. The number of nitrogens with one attached hydrogen (secondary N) is 1. The molecule has 128 valence electrons.